The van der Waals surface area contributed by atoms with Crippen LogP contribution in [0.15, 0.2) is 18.2 Å². The number of nitrogens with zero attached hydrogens (tertiary/aromatic N) is 1. The second kappa shape index (κ2) is 6.78. The molecule has 0 spiro atoms. The first-order valence-electron chi connectivity index (χ1n) is 6.10. The van der Waals surface area contributed by atoms with Gasteiger partial charge in [-0.1, -0.05) is 30.1 Å². The molecule has 0 N–H and O–H groups in total. The van der Waals surface area contributed by atoms with Crippen molar-refractivity contribution in [2.24, 2.45) is 0 Å². The van der Waals surface area contributed by atoms with Crippen LogP contribution in [0.1, 0.15) is 24.2 Å². The first-order chi connectivity index (χ1) is 9.18. The topological polar surface area (TPSA) is 54.5 Å². The predicted octanol–water partition coefficient (Wildman–Crippen LogP) is 2.89. The molecule has 0 heterocycles. The van der Waals surface area contributed by atoms with E-state index in [4.69, 9.17) is 23.2 Å². The van der Waals surface area contributed by atoms with Gasteiger partial charge in [-0.05, 0) is 25.1 Å². The summed E-state index contributed by atoms with van der Waals surface area (Å²) in [6.07, 6.45) is 0. The Morgan fingerprint density at radius 2 is 1.90 bits per heavy atom. The number of halogens is 2. The summed E-state index contributed by atoms with van der Waals surface area (Å²) in [6.45, 7) is 3.28. The molecule has 0 saturated heterocycles. The van der Waals surface area contributed by atoms with Crippen LogP contribution in [0.25, 0.3) is 0 Å². The van der Waals surface area contributed by atoms with Crippen molar-refractivity contribution in [2.45, 2.75) is 19.9 Å². The number of hydrogen-bond acceptors (Lipinski definition) is 3. The van der Waals surface area contributed by atoms with E-state index in [1.165, 1.54) is 11.0 Å². The van der Waals surface area contributed by atoms with Crippen LogP contribution in [-0.2, 0) is 9.84 Å². The van der Waals surface area contributed by atoms with Gasteiger partial charge in [-0.25, -0.2) is 8.42 Å². The number of benzene rings is 1. The summed E-state index contributed by atoms with van der Waals surface area (Å²) < 4.78 is 23.2. The summed E-state index contributed by atoms with van der Waals surface area (Å²) in [5.41, 5.74) is 0.377. The molecule has 1 amide bonds. The Morgan fingerprint density at radius 3 is 2.40 bits per heavy atom. The molecule has 0 fully saturated rings. The standard InChI is InChI=1S/C13H17Cl2NO3S/c1-4-20(18,19)8-9(2)16(3)13(17)10-5-6-11(14)12(15)7-10/h5-7,9H,4,8H2,1-3H3. The Labute approximate surface area is 129 Å². The zero-order chi connectivity index (χ0) is 15.5. The number of hydrogen-bond donors (Lipinski definition) is 0. The molecule has 0 radical (unpaired) electrons. The Kier molecular flexibility index (Phi) is 5.86. The van der Waals surface area contributed by atoms with Gasteiger partial charge in [0.05, 0.1) is 15.8 Å². The van der Waals surface area contributed by atoms with Crippen LogP contribution in [0.5, 0.6) is 0 Å². The Hall–Kier alpha value is -0.780. The smallest absolute Gasteiger partial charge is 0.253 e. The zero-order valence-electron chi connectivity index (χ0n) is 11.6. The molecule has 1 atom stereocenters. The van der Waals surface area contributed by atoms with Crippen molar-refractivity contribution in [2.75, 3.05) is 18.6 Å². The van der Waals surface area contributed by atoms with E-state index in [0.29, 0.717) is 15.6 Å². The molecular weight excluding hydrogens is 321 g/mol. The number of sulfone groups is 1. The van der Waals surface area contributed by atoms with Gasteiger partial charge >= 0.3 is 0 Å². The van der Waals surface area contributed by atoms with Crippen LogP contribution in [0, 0.1) is 0 Å². The first-order valence-corrected chi connectivity index (χ1v) is 8.68. The van der Waals surface area contributed by atoms with Gasteiger partial charge in [0.1, 0.15) is 0 Å². The molecule has 0 aliphatic carbocycles. The molecular formula is C13H17Cl2NO3S. The zero-order valence-corrected chi connectivity index (χ0v) is 13.9. The van der Waals surface area contributed by atoms with Gasteiger partial charge in [-0.3, -0.25) is 4.79 Å². The van der Waals surface area contributed by atoms with E-state index in [9.17, 15) is 13.2 Å². The number of amides is 1. The molecule has 112 valence electrons. The largest absolute Gasteiger partial charge is 0.338 e. The molecule has 1 aromatic rings. The molecule has 0 aliphatic heterocycles. The lowest BCUT2D eigenvalue weighted by molar-refractivity contribution is 0.0757. The van der Waals surface area contributed by atoms with Gasteiger partial charge in [0, 0.05) is 24.4 Å². The Morgan fingerprint density at radius 1 is 1.30 bits per heavy atom. The maximum Gasteiger partial charge on any atom is 0.253 e. The SMILES string of the molecule is CCS(=O)(=O)CC(C)N(C)C(=O)c1ccc(Cl)c(Cl)c1. The van der Waals surface area contributed by atoms with Crippen LogP contribution < -0.4 is 0 Å². The van der Waals surface area contributed by atoms with Gasteiger partial charge in [-0.2, -0.15) is 0 Å². The van der Waals surface area contributed by atoms with E-state index in [1.54, 1.807) is 33.0 Å². The van der Waals surface area contributed by atoms with Crippen molar-refractivity contribution < 1.29 is 13.2 Å². The van der Waals surface area contributed by atoms with Gasteiger partial charge in [0.15, 0.2) is 9.84 Å². The van der Waals surface area contributed by atoms with E-state index < -0.39 is 15.9 Å². The summed E-state index contributed by atoms with van der Waals surface area (Å²) in [6, 6.07) is 4.16. The third-order valence-electron chi connectivity index (χ3n) is 3.08. The van der Waals surface area contributed by atoms with E-state index in [2.05, 4.69) is 0 Å². The van der Waals surface area contributed by atoms with Crippen molar-refractivity contribution in [3.8, 4) is 0 Å². The van der Waals surface area contributed by atoms with Crippen molar-refractivity contribution in [1.29, 1.82) is 0 Å². The highest BCUT2D eigenvalue weighted by atomic mass is 35.5. The second-order valence-electron chi connectivity index (χ2n) is 4.59. The minimum Gasteiger partial charge on any atom is -0.338 e. The van der Waals surface area contributed by atoms with Gasteiger partial charge in [-0.15, -0.1) is 0 Å². The fourth-order valence-electron chi connectivity index (χ4n) is 1.63. The summed E-state index contributed by atoms with van der Waals surface area (Å²) in [5.74, 6) is -0.290. The first kappa shape index (κ1) is 17.3. The Balaban J connectivity index is 2.88. The molecule has 1 unspecified atom stereocenters. The summed E-state index contributed by atoms with van der Waals surface area (Å²) in [7, 11) is -1.57. The summed E-state index contributed by atoms with van der Waals surface area (Å²) >= 11 is 11.7. The predicted molar refractivity (Wildman–Crippen MR) is 82.3 cm³/mol. The van der Waals surface area contributed by atoms with Crippen molar-refractivity contribution in [3.05, 3.63) is 33.8 Å². The molecule has 0 saturated carbocycles. The molecule has 0 aromatic heterocycles. The lowest BCUT2D eigenvalue weighted by atomic mass is 10.2. The fraction of sp³-hybridized carbons (Fsp3) is 0.462. The summed E-state index contributed by atoms with van der Waals surface area (Å²) in [4.78, 5) is 13.6. The highest BCUT2D eigenvalue weighted by Crippen LogP contribution is 2.23. The molecule has 1 aromatic carbocycles. The monoisotopic (exact) mass is 337 g/mol. The van der Waals surface area contributed by atoms with E-state index >= 15 is 0 Å². The second-order valence-corrected chi connectivity index (χ2v) is 7.81. The Bertz CT molecular complexity index is 602. The quantitative estimate of drug-likeness (QED) is 0.830. The normalized spacial score (nSPS) is 13.1. The van der Waals surface area contributed by atoms with Gasteiger partial charge in [0.25, 0.3) is 5.91 Å². The fourth-order valence-corrected chi connectivity index (χ4v) is 3.12. The molecule has 20 heavy (non-hydrogen) atoms. The van der Waals surface area contributed by atoms with Crippen molar-refractivity contribution in [1.82, 2.24) is 4.90 Å². The number of carbonyl (C=O) groups excluding carboxylic acids is 1. The minimum atomic E-state index is -3.14. The lowest BCUT2D eigenvalue weighted by Gasteiger charge is -2.24. The van der Waals surface area contributed by atoms with Crippen LogP contribution >= 0.6 is 23.2 Å². The van der Waals surface area contributed by atoms with E-state index in [1.807, 2.05) is 0 Å². The molecule has 4 nitrogen and oxygen atoms in total. The average molecular weight is 338 g/mol. The van der Waals surface area contributed by atoms with E-state index in [-0.39, 0.29) is 17.4 Å². The van der Waals surface area contributed by atoms with Gasteiger partial charge in [0.2, 0.25) is 0 Å². The minimum absolute atomic E-state index is 0.0617. The summed E-state index contributed by atoms with van der Waals surface area (Å²) in [5, 5.41) is 0.659. The maximum atomic E-state index is 12.3. The molecule has 1 rings (SSSR count). The van der Waals surface area contributed by atoms with E-state index in [0.717, 1.165) is 0 Å². The molecule has 0 bridgehead atoms. The third kappa shape index (κ3) is 4.36. The number of carbonyl (C=O) groups is 1. The average Bonchev–Trinajstić information content (AvgIpc) is 2.39. The highest BCUT2D eigenvalue weighted by Gasteiger charge is 2.22. The van der Waals surface area contributed by atoms with Crippen molar-refractivity contribution in [3.63, 3.8) is 0 Å². The lowest BCUT2D eigenvalue weighted by Crippen LogP contribution is -2.39. The number of rotatable bonds is 5. The van der Waals surface area contributed by atoms with Crippen LogP contribution in [-0.4, -0.2) is 43.8 Å². The van der Waals surface area contributed by atoms with Crippen LogP contribution in [0.2, 0.25) is 10.0 Å². The van der Waals surface area contributed by atoms with Crippen LogP contribution in [0.3, 0.4) is 0 Å². The molecule has 0 aliphatic rings. The maximum absolute atomic E-state index is 12.3. The van der Waals surface area contributed by atoms with Crippen molar-refractivity contribution >= 4 is 38.9 Å². The van der Waals surface area contributed by atoms with Gasteiger partial charge < -0.3 is 4.90 Å². The third-order valence-corrected chi connectivity index (χ3v) is 5.69. The van der Waals surface area contributed by atoms with Crippen LogP contribution in [0.4, 0.5) is 0 Å². The molecule has 7 heteroatoms. The highest BCUT2D eigenvalue weighted by molar-refractivity contribution is 7.91.